The summed E-state index contributed by atoms with van der Waals surface area (Å²) in [5.41, 5.74) is 12.2. The third-order valence-corrected chi connectivity index (χ3v) is 10.2. The molecule has 0 aliphatic heterocycles. The first kappa shape index (κ1) is 29.1. The normalized spacial score (nSPS) is 12.9. The smallest absolute Gasteiger partial charge is 0.0482 e. The highest BCUT2D eigenvalue weighted by Gasteiger charge is 2.35. The van der Waals surface area contributed by atoms with Crippen LogP contribution in [-0.2, 0) is 5.41 Å². The predicted octanol–water partition coefficient (Wildman–Crippen LogP) is 13.2. The molecule has 0 bridgehead atoms. The van der Waals surface area contributed by atoms with Crippen LogP contribution in [0.4, 0.5) is 34.1 Å². The van der Waals surface area contributed by atoms with Gasteiger partial charge in [-0.1, -0.05) is 117 Å². The molecule has 2 nitrogen and oxygen atoms in total. The van der Waals surface area contributed by atoms with Gasteiger partial charge in [-0.2, -0.15) is 0 Å². The molecule has 0 amide bonds. The Morgan fingerprint density at radius 3 is 1.43 bits per heavy atom. The lowest BCUT2D eigenvalue weighted by atomic mass is 9.81. The van der Waals surface area contributed by atoms with Crippen LogP contribution in [0.15, 0.2) is 182 Å². The Labute approximate surface area is 288 Å². The van der Waals surface area contributed by atoms with E-state index in [2.05, 4.69) is 206 Å². The van der Waals surface area contributed by atoms with Gasteiger partial charge < -0.3 is 9.80 Å². The van der Waals surface area contributed by atoms with Crippen molar-refractivity contribution in [1.82, 2.24) is 0 Å². The number of hydrogen-bond acceptors (Lipinski definition) is 2. The Morgan fingerprint density at radius 1 is 0.327 bits per heavy atom. The van der Waals surface area contributed by atoms with E-state index in [-0.39, 0.29) is 5.41 Å². The summed E-state index contributed by atoms with van der Waals surface area (Å²) in [7, 11) is 0. The molecule has 0 unspecified atom stereocenters. The van der Waals surface area contributed by atoms with Crippen LogP contribution in [0.2, 0.25) is 0 Å². The van der Waals surface area contributed by atoms with Crippen molar-refractivity contribution in [3.63, 3.8) is 0 Å². The van der Waals surface area contributed by atoms with Gasteiger partial charge in [0.25, 0.3) is 0 Å². The second-order valence-electron chi connectivity index (χ2n) is 13.5. The van der Waals surface area contributed by atoms with Gasteiger partial charge in [0.15, 0.2) is 0 Å². The van der Waals surface area contributed by atoms with Gasteiger partial charge in [-0.05, 0) is 123 Å². The quantitative estimate of drug-likeness (QED) is 0.169. The van der Waals surface area contributed by atoms with Gasteiger partial charge in [0, 0.05) is 39.5 Å². The van der Waals surface area contributed by atoms with Gasteiger partial charge in [0.2, 0.25) is 0 Å². The van der Waals surface area contributed by atoms with Crippen molar-refractivity contribution >= 4 is 55.7 Å². The summed E-state index contributed by atoms with van der Waals surface area (Å²) in [5, 5.41) is 5.08. The zero-order chi connectivity index (χ0) is 33.0. The molecule has 9 rings (SSSR count). The zero-order valence-corrected chi connectivity index (χ0v) is 27.7. The molecule has 234 valence electrons. The van der Waals surface area contributed by atoms with Crippen molar-refractivity contribution in [1.29, 1.82) is 0 Å². The highest BCUT2D eigenvalue weighted by atomic mass is 15.2. The second kappa shape index (κ2) is 11.5. The lowest BCUT2D eigenvalue weighted by molar-refractivity contribution is 0.661. The fourth-order valence-corrected chi connectivity index (χ4v) is 7.78. The summed E-state index contributed by atoms with van der Waals surface area (Å²) in [6.45, 7) is 4.71. The topological polar surface area (TPSA) is 6.48 Å². The van der Waals surface area contributed by atoms with E-state index in [1.54, 1.807) is 0 Å². The Balaban J connectivity index is 1.18. The number of fused-ring (bicyclic) bond motifs is 6. The molecule has 8 aromatic rings. The van der Waals surface area contributed by atoms with E-state index in [1.807, 2.05) is 0 Å². The molecule has 0 spiro atoms. The van der Waals surface area contributed by atoms with Crippen molar-refractivity contribution in [2.45, 2.75) is 19.3 Å². The molecular formula is C47H36N2. The zero-order valence-electron chi connectivity index (χ0n) is 27.7. The van der Waals surface area contributed by atoms with Gasteiger partial charge in [-0.25, -0.2) is 0 Å². The fraction of sp³-hybridized carbons (Fsp3) is 0.0638. The van der Waals surface area contributed by atoms with Crippen LogP contribution in [-0.4, -0.2) is 0 Å². The van der Waals surface area contributed by atoms with Gasteiger partial charge in [0.05, 0.1) is 0 Å². The third-order valence-electron chi connectivity index (χ3n) is 10.2. The highest BCUT2D eigenvalue weighted by Crippen LogP contribution is 2.50. The minimum atomic E-state index is -0.0370. The molecule has 0 fully saturated rings. The van der Waals surface area contributed by atoms with Gasteiger partial charge in [-0.15, -0.1) is 0 Å². The van der Waals surface area contributed by atoms with Crippen LogP contribution in [0, 0.1) is 0 Å². The van der Waals surface area contributed by atoms with E-state index in [0.717, 1.165) is 34.1 Å². The number of para-hydroxylation sites is 3. The second-order valence-corrected chi connectivity index (χ2v) is 13.5. The van der Waals surface area contributed by atoms with Crippen LogP contribution >= 0.6 is 0 Å². The maximum atomic E-state index is 2.45. The fourth-order valence-electron chi connectivity index (χ4n) is 7.78. The lowest BCUT2D eigenvalue weighted by Gasteiger charge is -2.29. The van der Waals surface area contributed by atoms with E-state index < -0.39 is 0 Å². The molecule has 0 saturated heterocycles. The van der Waals surface area contributed by atoms with Crippen LogP contribution < -0.4 is 9.80 Å². The summed E-state index contributed by atoms with van der Waals surface area (Å²) >= 11 is 0. The van der Waals surface area contributed by atoms with E-state index >= 15 is 0 Å². The van der Waals surface area contributed by atoms with Crippen molar-refractivity contribution in [3.05, 3.63) is 193 Å². The van der Waals surface area contributed by atoms with E-state index in [0.29, 0.717) is 0 Å². The number of anilines is 6. The van der Waals surface area contributed by atoms with Gasteiger partial charge in [-0.3, -0.25) is 0 Å². The van der Waals surface area contributed by atoms with Gasteiger partial charge >= 0.3 is 0 Å². The number of hydrogen-bond donors (Lipinski definition) is 0. The maximum absolute atomic E-state index is 2.45. The summed E-state index contributed by atoms with van der Waals surface area (Å²) < 4.78 is 0. The molecule has 0 heterocycles. The van der Waals surface area contributed by atoms with Crippen molar-refractivity contribution in [3.8, 4) is 11.1 Å². The Bertz CT molecular complexity index is 2430. The molecule has 1 aliphatic rings. The molecule has 0 aromatic heterocycles. The third kappa shape index (κ3) is 4.88. The molecule has 0 saturated carbocycles. The lowest BCUT2D eigenvalue weighted by Crippen LogP contribution is -2.14. The Morgan fingerprint density at radius 2 is 0.816 bits per heavy atom. The first-order valence-electron chi connectivity index (χ1n) is 17.0. The van der Waals surface area contributed by atoms with E-state index in [9.17, 15) is 0 Å². The van der Waals surface area contributed by atoms with Crippen LogP contribution in [0.1, 0.15) is 25.0 Å². The number of rotatable bonds is 6. The van der Waals surface area contributed by atoms with E-state index in [4.69, 9.17) is 0 Å². The molecule has 49 heavy (non-hydrogen) atoms. The van der Waals surface area contributed by atoms with Crippen LogP contribution in [0.3, 0.4) is 0 Å². The average Bonchev–Trinajstić information content (AvgIpc) is 3.38. The van der Waals surface area contributed by atoms with Crippen molar-refractivity contribution in [2.24, 2.45) is 0 Å². The summed E-state index contributed by atoms with van der Waals surface area (Å²) in [6.07, 6.45) is 0. The molecule has 0 atom stereocenters. The first-order chi connectivity index (χ1) is 24.1. The molecule has 8 aromatic carbocycles. The maximum Gasteiger partial charge on any atom is 0.0482 e. The summed E-state index contributed by atoms with van der Waals surface area (Å²) in [4.78, 5) is 4.68. The van der Waals surface area contributed by atoms with Crippen molar-refractivity contribution in [2.75, 3.05) is 9.80 Å². The van der Waals surface area contributed by atoms with Gasteiger partial charge in [0.1, 0.15) is 0 Å². The Kier molecular flexibility index (Phi) is 6.84. The molecule has 1 aliphatic carbocycles. The first-order valence-corrected chi connectivity index (χ1v) is 17.0. The van der Waals surface area contributed by atoms with Crippen LogP contribution in [0.5, 0.6) is 0 Å². The van der Waals surface area contributed by atoms with E-state index in [1.165, 1.54) is 43.8 Å². The monoisotopic (exact) mass is 628 g/mol. The SMILES string of the molecule is CC1(C)c2ccccc2-c2cc3ccc4cc(N(c5ccccc5)c5cccc(N(c6ccccc6)c6ccccc6)c5)ccc4c3cc21. The molecule has 0 radical (unpaired) electrons. The minimum absolute atomic E-state index is 0.0370. The standard InChI is InChI=1S/C47H36N2/c1-47(2)45-24-13-12-23-42(45)44-30-34-26-25-33-29-40(27-28-41(33)43(34)32-46(44)47)49(37-19-10-5-11-20-37)39-22-14-21-38(31-39)48(35-15-6-3-7-16-35)36-17-8-4-9-18-36/h3-32H,1-2H3. The minimum Gasteiger partial charge on any atom is -0.310 e. The largest absolute Gasteiger partial charge is 0.310 e. The van der Waals surface area contributed by atoms with Crippen molar-refractivity contribution < 1.29 is 0 Å². The molecule has 0 N–H and O–H groups in total. The predicted molar refractivity (Wildman–Crippen MR) is 208 cm³/mol. The molecular weight excluding hydrogens is 593 g/mol. The highest BCUT2D eigenvalue weighted by molar-refractivity contribution is 6.10. The molecule has 2 heteroatoms. The summed E-state index contributed by atoms with van der Waals surface area (Å²) in [5.74, 6) is 0. The average molecular weight is 629 g/mol. The number of benzene rings is 8. The Hall–Kier alpha value is -6.12. The summed E-state index contributed by atoms with van der Waals surface area (Å²) in [6, 6.07) is 65.9. The number of nitrogens with zero attached hydrogens (tertiary/aromatic N) is 2. The van der Waals surface area contributed by atoms with Crippen LogP contribution in [0.25, 0.3) is 32.7 Å².